The molecule has 22 heavy (non-hydrogen) atoms. The van der Waals surface area contributed by atoms with E-state index >= 15 is 0 Å². The zero-order chi connectivity index (χ0) is 16.3. The Morgan fingerprint density at radius 3 is 2.45 bits per heavy atom. The highest BCUT2D eigenvalue weighted by Gasteiger charge is 2.26. The average Bonchev–Trinajstić information content (AvgIpc) is 2.39. The summed E-state index contributed by atoms with van der Waals surface area (Å²) in [6.07, 6.45) is 1.79. The predicted octanol–water partition coefficient (Wildman–Crippen LogP) is 5.15. The molecule has 0 bridgehead atoms. The Balaban J connectivity index is 2.22. The van der Waals surface area contributed by atoms with Crippen LogP contribution in [-0.2, 0) is 10.8 Å². The number of benzene rings is 1. The fourth-order valence-electron chi connectivity index (χ4n) is 3.60. The smallest absolute Gasteiger partial charge is 0.0726 e. The van der Waals surface area contributed by atoms with Gasteiger partial charge < -0.3 is 9.64 Å². The number of morpholine rings is 1. The summed E-state index contributed by atoms with van der Waals surface area (Å²) in [6.45, 7) is 13.3. The molecule has 1 heterocycles. The second kappa shape index (κ2) is 7.37. The molecule has 4 heteroatoms. The maximum absolute atomic E-state index is 6.78. The van der Waals surface area contributed by atoms with Gasteiger partial charge in [0.15, 0.2) is 0 Å². The molecule has 1 aromatic carbocycles. The van der Waals surface area contributed by atoms with Gasteiger partial charge in [-0.25, -0.2) is 0 Å². The summed E-state index contributed by atoms with van der Waals surface area (Å²) < 4.78 is 5.84. The summed E-state index contributed by atoms with van der Waals surface area (Å²) in [6, 6.07) is 9.06. The first kappa shape index (κ1) is 17.8. The van der Waals surface area contributed by atoms with E-state index in [0.717, 1.165) is 18.1 Å². The summed E-state index contributed by atoms with van der Waals surface area (Å²) in [5, 5.41) is 0.959. The molecule has 0 N–H and O–H groups in total. The lowest BCUT2D eigenvalue weighted by molar-refractivity contribution is -0.00521. The molecule has 1 aromatic rings. The summed E-state index contributed by atoms with van der Waals surface area (Å²) >= 11 is 6.78. The Morgan fingerprint density at radius 1 is 1.23 bits per heavy atom. The van der Waals surface area contributed by atoms with Crippen molar-refractivity contribution in [3.8, 4) is 0 Å². The minimum absolute atomic E-state index is 0.259. The Bertz CT molecular complexity index is 496. The zero-order valence-corrected chi connectivity index (χ0v) is 16.4. The van der Waals surface area contributed by atoms with Crippen molar-refractivity contribution in [2.24, 2.45) is 0 Å². The standard InChI is InChI=1S/C18H30ClNOSi/c1-6-10-22(4,5)13-16-8-7-9-17(18(16)19)20-11-14(2)21-15(3)12-20/h7-9,14-15H,6,10-13H2,1-5H3. The third-order valence-electron chi connectivity index (χ3n) is 4.41. The molecule has 124 valence electrons. The van der Waals surface area contributed by atoms with Crippen molar-refractivity contribution in [1.29, 1.82) is 0 Å². The second-order valence-corrected chi connectivity index (χ2v) is 13.1. The van der Waals surface area contributed by atoms with Crippen LogP contribution in [0.1, 0.15) is 32.8 Å². The molecule has 0 aromatic heterocycles. The minimum atomic E-state index is -1.20. The number of hydrogen-bond acceptors (Lipinski definition) is 2. The van der Waals surface area contributed by atoms with Crippen molar-refractivity contribution in [1.82, 2.24) is 0 Å². The fourth-order valence-corrected chi connectivity index (χ4v) is 6.88. The van der Waals surface area contributed by atoms with E-state index < -0.39 is 8.07 Å². The SMILES string of the molecule is CCC[Si](C)(C)Cc1cccc(N2CC(C)OC(C)C2)c1Cl. The molecule has 1 aliphatic heterocycles. The summed E-state index contributed by atoms with van der Waals surface area (Å²) in [4.78, 5) is 2.39. The van der Waals surface area contributed by atoms with Gasteiger partial charge in [0.1, 0.15) is 0 Å². The van der Waals surface area contributed by atoms with Gasteiger partial charge in [0.25, 0.3) is 0 Å². The lowest BCUT2D eigenvalue weighted by Gasteiger charge is -2.37. The van der Waals surface area contributed by atoms with E-state index in [1.165, 1.54) is 29.8 Å². The van der Waals surface area contributed by atoms with Crippen LogP contribution in [0.4, 0.5) is 5.69 Å². The van der Waals surface area contributed by atoms with Gasteiger partial charge in [0, 0.05) is 13.1 Å². The van der Waals surface area contributed by atoms with E-state index in [2.05, 4.69) is 57.0 Å². The van der Waals surface area contributed by atoms with Gasteiger partial charge in [-0.1, -0.05) is 56.2 Å². The van der Waals surface area contributed by atoms with Crippen LogP contribution in [0.2, 0.25) is 24.2 Å². The monoisotopic (exact) mass is 339 g/mol. The normalized spacial score (nSPS) is 22.9. The summed E-state index contributed by atoms with van der Waals surface area (Å²) in [5.41, 5.74) is 2.51. The number of nitrogens with zero attached hydrogens (tertiary/aromatic N) is 1. The van der Waals surface area contributed by atoms with Gasteiger partial charge in [0.2, 0.25) is 0 Å². The zero-order valence-electron chi connectivity index (χ0n) is 14.7. The molecule has 0 aliphatic carbocycles. The minimum Gasteiger partial charge on any atom is -0.372 e. The lowest BCUT2D eigenvalue weighted by Crippen LogP contribution is -2.45. The lowest BCUT2D eigenvalue weighted by atomic mass is 10.1. The van der Waals surface area contributed by atoms with Gasteiger partial charge in [0.05, 0.1) is 31.0 Å². The third-order valence-corrected chi connectivity index (χ3v) is 8.04. The van der Waals surface area contributed by atoms with E-state index in [-0.39, 0.29) is 12.2 Å². The number of rotatable bonds is 5. The third kappa shape index (κ3) is 4.50. The molecular weight excluding hydrogens is 310 g/mol. The van der Waals surface area contributed by atoms with E-state index in [9.17, 15) is 0 Å². The first-order valence-electron chi connectivity index (χ1n) is 8.50. The molecule has 2 rings (SSSR count). The van der Waals surface area contributed by atoms with Crippen LogP contribution in [0.15, 0.2) is 18.2 Å². The molecule has 1 aliphatic rings. The number of hydrogen-bond donors (Lipinski definition) is 0. The largest absolute Gasteiger partial charge is 0.372 e. The molecule has 2 nitrogen and oxygen atoms in total. The summed E-state index contributed by atoms with van der Waals surface area (Å²) in [7, 11) is -1.20. The van der Waals surface area contributed by atoms with Gasteiger partial charge in [-0.15, -0.1) is 0 Å². The van der Waals surface area contributed by atoms with Crippen LogP contribution >= 0.6 is 11.6 Å². The maximum Gasteiger partial charge on any atom is 0.0726 e. The second-order valence-electron chi connectivity index (χ2n) is 7.50. The first-order valence-corrected chi connectivity index (χ1v) is 12.3. The Morgan fingerprint density at radius 2 is 1.86 bits per heavy atom. The van der Waals surface area contributed by atoms with Gasteiger partial charge in [-0.05, 0) is 31.5 Å². The van der Waals surface area contributed by atoms with Crippen molar-refractivity contribution < 1.29 is 4.74 Å². The molecule has 2 unspecified atom stereocenters. The molecule has 0 radical (unpaired) electrons. The summed E-state index contributed by atoms with van der Waals surface area (Å²) in [5.74, 6) is 0. The van der Waals surface area contributed by atoms with Gasteiger partial charge in [-0.2, -0.15) is 0 Å². The highest BCUT2D eigenvalue weighted by molar-refractivity contribution is 6.77. The van der Waals surface area contributed by atoms with Crippen molar-refractivity contribution in [2.45, 2.75) is 64.6 Å². The van der Waals surface area contributed by atoms with E-state index in [1.807, 2.05) is 0 Å². The molecule has 2 atom stereocenters. The number of ether oxygens (including phenoxy) is 1. The number of anilines is 1. The predicted molar refractivity (Wildman–Crippen MR) is 100.0 cm³/mol. The van der Waals surface area contributed by atoms with Crippen LogP contribution in [0.25, 0.3) is 0 Å². The Hall–Kier alpha value is -0.513. The Labute approximate surface area is 141 Å². The van der Waals surface area contributed by atoms with Crippen LogP contribution in [0.5, 0.6) is 0 Å². The van der Waals surface area contributed by atoms with Gasteiger partial charge in [-0.3, -0.25) is 0 Å². The average molecular weight is 340 g/mol. The topological polar surface area (TPSA) is 12.5 Å². The molecule has 1 saturated heterocycles. The van der Waals surface area contributed by atoms with Gasteiger partial charge >= 0.3 is 0 Å². The fraction of sp³-hybridized carbons (Fsp3) is 0.667. The van der Waals surface area contributed by atoms with Crippen LogP contribution in [0.3, 0.4) is 0 Å². The van der Waals surface area contributed by atoms with E-state index in [4.69, 9.17) is 16.3 Å². The Kier molecular flexibility index (Phi) is 5.98. The van der Waals surface area contributed by atoms with Crippen molar-refractivity contribution >= 4 is 25.4 Å². The van der Waals surface area contributed by atoms with Crippen molar-refractivity contribution in [2.75, 3.05) is 18.0 Å². The molecular formula is C18H30ClNOSi. The maximum atomic E-state index is 6.78. The molecule has 0 saturated carbocycles. The quantitative estimate of drug-likeness (QED) is 0.687. The molecule has 1 fully saturated rings. The number of halogens is 1. The van der Waals surface area contributed by atoms with E-state index in [0.29, 0.717) is 0 Å². The van der Waals surface area contributed by atoms with Crippen LogP contribution in [0, 0.1) is 0 Å². The molecule has 0 amide bonds. The highest BCUT2D eigenvalue weighted by Crippen LogP contribution is 2.33. The van der Waals surface area contributed by atoms with Crippen LogP contribution < -0.4 is 4.90 Å². The van der Waals surface area contributed by atoms with Crippen LogP contribution in [-0.4, -0.2) is 33.4 Å². The van der Waals surface area contributed by atoms with E-state index in [1.54, 1.807) is 0 Å². The van der Waals surface area contributed by atoms with Crippen molar-refractivity contribution in [3.63, 3.8) is 0 Å². The first-order chi connectivity index (χ1) is 10.3. The van der Waals surface area contributed by atoms with Crippen molar-refractivity contribution in [3.05, 3.63) is 28.8 Å². The highest BCUT2D eigenvalue weighted by atomic mass is 35.5. The molecule has 0 spiro atoms.